The van der Waals surface area contributed by atoms with E-state index in [9.17, 15) is 5.26 Å². The van der Waals surface area contributed by atoms with Crippen molar-refractivity contribution in [3.63, 3.8) is 0 Å². The van der Waals surface area contributed by atoms with E-state index in [1.165, 1.54) is 55.2 Å². The van der Waals surface area contributed by atoms with E-state index in [4.69, 9.17) is 0 Å². The summed E-state index contributed by atoms with van der Waals surface area (Å²) in [6.07, 6.45) is 0. The van der Waals surface area contributed by atoms with Gasteiger partial charge in [0.1, 0.15) is 0 Å². The molecule has 4 heteroatoms. The maximum atomic E-state index is 10.9. The number of nitriles is 1. The van der Waals surface area contributed by atoms with Crippen molar-refractivity contribution in [2.75, 3.05) is 9.80 Å². The molecule has 2 aliphatic rings. The van der Waals surface area contributed by atoms with E-state index in [-0.39, 0.29) is 12.1 Å². The smallest absolute Gasteiger partial charge is 0.252 e. The maximum absolute atomic E-state index is 10.9. The van der Waals surface area contributed by atoms with Crippen LogP contribution in [0.15, 0.2) is 212 Å². The summed E-state index contributed by atoms with van der Waals surface area (Å²) in [5.74, 6) is 0. The Kier molecular flexibility index (Phi) is 8.90. The number of benzene rings is 10. The molecule has 0 unspecified atom stereocenters. The molecule has 3 nitrogen and oxygen atoms in total. The third-order valence-corrected chi connectivity index (χ3v) is 13.6. The first-order valence-corrected chi connectivity index (χ1v) is 22.5. The molecule has 0 aromatic heterocycles. The molecule has 0 radical (unpaired) electrons. The van der Waals surface area contributed by atoms with Crippen molar-refractivity contribution < 1.29 is 0 Å². The van der Waals surface area contributed by atoms with Crippen LogP contribution in [0.3, 0.4) is 0 Å². The molecule has 0 bridgehead atoms. The molecule has 0 saturated heterocycles. The number of anilines is 6. The SMILES string of the molecule is CC(C)(C)c1ccc2c(c1)N(c1ccccc1)c1cc(-c3cc(C#N)cc(-c4c5ccccc5c(-c5ccccc5)c5ccccc45)c3)cc3c1B2c1ccccc1N3c1ccccc1. The Labute approximate surface area is 381 Å². The van der Waals surface area contributed by atoms with Gasteiger partial charge in [0.2, 0.25) is 0 Å². The molecule has 10 aromatic carbocycles. The molecule has 306 valence electrons. The quantitative estimate of drug-likeness (QED) is 0.128. The summed E-state index contributed by atoms with van der Waals surface area (Å²) in [4.78, 5) is 4.93. The molecular formula is C61H44BN3. The van der Waals surface area contributed by atoms with Crippen LogP contribution in [-0.2, 0) is 5.41 Å². The second-order valence-corrected chi connectivity index (χ2v) is 18.4. The van der Waals surface area contributed by atoms with Crippen LogP contribution in [0.25, 0.3) is 54.9 Å². The lowest BCUT2D eigenvalue weighted by Crippen LogP contribution is -2.61. The van der Waals surface area contributed by atoms with Gasteiger partial charge in [-0.1, -0.05) is 166 Å². The fourth-order valence-corrected chi connectivity index (χ4v) is 10.6. The third kappa shape index (κ3) is 6.19. The highest BCUT2D eigenvalue weighted by molar-refractivity contribution is 7.00. The van der Waals surface area contributed by atoms with Crippen LogP contribution < -0.4 is 26.2 Å². The molecule has 2 heterocycles. The number of hydrogen-bond donors (Lipinski definition) is 0. The van der Waals surface area contributed by atoms with Crippen molar-refractivity contribution in [3.05, 3.63) is 223 Å². The predicted molar refractivity (Wildman–Crippen MR) is 275 cm³/mol. The summed E-state index contributed by atoms with van der Waals surface area (Å²) in [6, 6.07) is 79.6. The summed E-state index contributed by atoms with van der Waals surface area (Å²) in [5.41, 5.74) is 19.1. The Balaban J connectivity index is 1.17. The minimum absolute atomic E-state index is 0.00365. The molecule has 12 rings (SSSR count). The topological polar surface area (TPSA) is 30.3 Å². The predicted octanol–water partition coefficient (Wildman–Crippen LogP) is 14.2. The van der Waals surface area contributed by atoms with E-state index >= 15 is 0 Å². The highest BCUT2D eigenvalue weighted by Crippen LogP contribution is 2.48. The minimum atomic E-state index is -0.0545. The first-order chi connectivity index (χ1) is 31.9. The fourth-order valence-electron chi connectivity index (χ4n) is 10.6. The lowest BCUT2D eigenvalue weighted by Gasteiger charge is -2.44. The lowest BCUT2D eigenvalue weighted by molar-refractivity contribution is 0.590. The average molecular weight is 830 g/mol. The van der Waals surface area contributed by atoms with Crippen molar-refractivity contribution in [1.29, 1.82) is 5.26 Å². The maximum Gasteiger partial charge on any atom is 0.252 e. The molecule has 0 amide bonds. The number of para-hydroxylation sites is 3. The van der Waals surface area contributed by atoms with Crippen molar-refractivity contribution in [2.24, 2.45) is 0 Å². The molecule has 2 aliphatic heterocycles. The molecule has 10 aromatic rings. The standard InChI is InChI=1S/C61H44BN3/c1-61(2,3)45-31-32-53-55(38-45)65(47-23-11-6-12-24-47)57-37-43(36-56-60(57)62(53)52-29-17-18-30-54(52)64(56)46-21-9-5-10-22-46)42-33-40(39-63)34-44(35-42)59-50-27-15-13-25-48(50)58(41-19-7-4-8-20-41)49-26-14-16-28-51(49)59/h4-38H,1-3H3. The van der Waals surface area contributed by atoms with Gasteiger partial charge >= 0.3 is 0 Å². The van der Waals surface area contributed by atoms with Crippen LogP contribution in [0, 0.1) is 11.3 Å². The second-order valence-electron chi connectivity index (χ2n) is 18.4. The zero-order valence-electron chi connectivity index (χ0n) is 36.6. The normalized spacial score (nSPS) is 12.7. The van der Waals surface area contributed by atoms with Crippen LogP contribution in [0.5, 0.6) is 0 Å². The molecule has 0 fully saturated rings. The van der Waals surface area contributed by atoms with Gasteiger partial charge in [-0.05, 0) is 149 Å². The van der Waals surface area contributed by atoms with Gasteiger partial charge in [0.05, 0.1) is 11.6 Å². The lowest BCUT2D eigenvalue weighted by atomic mass is 9.33. The van der Waals surface area contributed by atoms with Gasteiger partial charge in [0.15, 0.2) is 0 Å². The Hall–Kier alpha value is -8.13. The number of hydrogen-bond acceptors (Lipinski definition) is 3. The summed E-state index contributed by atoms with van der Waals surface area (Å²) >= 11 is 0. The Morgan fingerprint density at radius 1 is 0.400 bits per heavy atom. The third-order valence-electron chi connectivity index (χ3n) is 13.6. The van der Waals surface area contributed by atoms with Crippen molar-refractivity contribution >= 4 is 78.8 Å². The summed E-state index contributed by atoms with van der Waals surface area (Å²) < 4.78 is 0. The van der Waals surface area contributed by atoms with Gasteiger partial charge in [-0.3, -0.25) is 0 Å². The van der Waals surface area contributed by atoms with Gasteiger partial charge in [-0.15, -0.1) is 0 Å². The zero-order valence-corrected chi connectivity index (χ0v) is 36.6. The highest BCUT2D eigenvalue weighted by Gasteiger charge is 2.44. The number of nitrogens with zero attached hydrogens (tertiary/aromatic N) is 3. The van der Waals surface area contributed by atoms with Crippen LogP contribution in [0.4, 0.5) is 34.1 Å². The van der Waals surface area contributed by atoms with Gasteiger partial charge in [-0.25, -0.2) is 0 Å². The number of rotatable bonds is 5. The van der Waals surface area contributed by atoms with Gasteiger partial charge in [0.25, 0.3) is 6.71 Å². The van der Waals surface area contributed by atoms with Crippen LogP contribution in [-0.4, -0.2) is 6.71 Å². The summed E-state index contributed by atoms with van der Waals surface area (Å²) in [6.45, 7) is 6.88. The molecular weight excluding hydrogens is 786 g/mol. The largest absolute Gasteiger partial charge is 0.311 e. The molecule has 0 saturated carbocycles. The first-order valence-electron chi connectivity index (χ1n) is 22.5. The molecule has 65 heavy (non-hydrogen) atoms. The minimum Gasteiger partial charge on any atom is -0.311 e. The van der Waals surface area contributed by atoms with Crippen molar-refractivity contribution in [3.8, 4) is 39.4 Å². The van der Waals surface area contributed by atoms with Crippen LogP contribution in [0.1, 0.15) is 31.9 Å². The molecule has 0 N–H and O–H groups in total. The van der Waals surface area contributed by atoms with Crippen molar-refractivity contribution in [1.82, 2.24) is 0 Å². The van der Waals surface area contributed by atoms with Gasteiger partial charge in [0, 0.05) is 34.1 Å². The van der Waals surface area contributed by atoms with Crippen LogP contribution >= 0.6 is 0 Å². The second kappa shape index (κ2) is 15.0. The Bertz CT molecular complexity index is 3490. The molecule has 0 spiro atoms. The van der Waals surface area contributed by atoms with Crippen LogP contribution in [0.2, 0.25) is 0 Å². The number of fused-ring (bicyclic) bond motifs is 6. The van der Waals surface area contributed by atoms with Gasteiger partial charge < -0.3 is 9.80 Å². The van der Waals surface area contributed by atoms with E-state index in [0.29, 0.717) is 5.56 Å². The molecule has 0 atom stereocenters. The first kappa shape index (κ1) is 38.5. The van der Waals surface area contributed by atoms with Crippen molar-refractivity contribution in [2.45, 2.75) is 26.2 Å². The van der Waals surface area contributed by atoms with E-state index in [1.54, 1.807) is 0 Å². The van der Waals surface area contributed by atoms with E-state index in [0.717, 1.165) is 55.8 Å². The van der Waals surface area contributed by atoms with Gasteiger partial charge in [-0.2, -0.15) is 5.26 Å². The Morgan fingerprint density at radius 2 is 0.862 bits per heavy atom. The highest BCUT2D eigenvalue weighted by atomic mass is 15.2. The van der Waals surface area contributed by atoms with E-state index in [2.05, 4.69) is 249 Å². The summed E-state index contributed by atoms with van der Waals surface area (Å²) in [5, 5.41) is 15.5. The molecule has 0 aliphatic carbocycles. The fraction of sp³-hybridized carbons (Fsp3) is 0.0656. The van der Waals surface area contributed by atoms with E-state index in [1.807, 2.05) is 0 Å². The summed E-state index contributed by atoms with van der Waals surface area (Å²) in [7, 11) is 0. The monoisotopic (exact) mass is 829 g/mol. The Morgan fingerprint density at radius 3 is 1.43 bits per heavy atom. The zero-order chi connectivity index (χ0) is 43.8. The average Bonchev–Trinajstić information content (AvgIpc) is 3.35. The van der Waals surface area contributed by atoms with E-state index < -0.39 is 0 Å².